The Morgan fingerprint density at radius 3 is 2.65 bits per heavy atom. The zero-order valence-electron chi connectivity index (χ0n) is 10.1. The summed E-state index contributed by atoms with van der Waals surface area (Å²) in [6.45, 7) is 4.83. The molecule has 0 aliphatic heterocycles. The molecule has 2 aromatic rings. The van der Waals surface area contributed by atoms with Crippen LogP contribution in [0, 0.1) is 6.92 Å². The molecule has 0 saturated heterocycles. The van der Waals surface area contributed by atoms with Crippen LogP contribution in [0.15, 0.2) is 41.8 Å². The van der Waals surface area contributed by atoms with Crippen molar-refractivity contribution < 1.29 is 4.84 Å². The SMILES string of the molecule is Cc1ccsc1C(C)NOCc1ccccc1. The van der Waals surface area contributed by atoms with E-state index in [1.807, 2.05) is 18.2 Å². The van der Waals surface area contributed by atoms with Crippen LogP contribution in [0.4, 0.5) is 0 Å². The first-order chi connectivity index (χ1) is 8.27. The van der Waals surface area contributed by atoms with Gasteiger partial charge in [-0.05, 0) is 36.4 Å². The summed E-state index contributed by atoms with van der Waals surface area (Å²) in [5, 5.41) is 2.11. The molecule has 1 heterocycles. The monoisotopic (exact) mass is 247 g/mol. The minimum Gasteiger partial charge on any atom is -0.296 e. The van der Waals surface area contributed by atoms with E-state index in [-0.39, 0.29) is 6.04 Å². The largest absolute Gasteiger partial charge is 0.296 e. The summed E-state index contributed by atoms with van der Waals surface area (Å²) in [4.78, 5) is 6.85. The lowest BCUT2D eigenvalue weighted by atomic mass is 10.2. The van der Waals surface area contributed by atoms with E-state index >= 15 is 0 Å². The predicted molar refractivity (Wildman–Crippen MR) is 71.8 cm³/mol. The van der Waals surface area contributed by atoms with Gasteiger partial charge in [0.25, 0.3) is 0 Å². The molecule has 17 heavy (non-hydrogen) atoms. The van der Waals surface area contributed by atoms with Crippen molar-refractivity contribution in [3.05, 3.63) is 57.8 Å². The van der Waals surface area contributed by atoms with E-state index in [9.17, 15) is 0 Å². The van der Waals surface area contributed by atoms with Gasteiger partial charge in [-0.25, -0.2) is 0 Å². The van der Waals surface area contributed by atoms with Crippen LogP contribution < -0.4 is 5.48 Å². The summed E-state index contributed by atoms with van der Waals surface area (Å²) >= 11 is 1.76. The highest BCUT2D eigenvalue weighted by molar-refractivity contribution is 7.10. The van der Waals surface area contributed by atoms with Gasteiger partial charge in [0.2, 0.25) is 0 Å². The number of hydroxylamine groups is 1. The van der Waals surface area contributed by atoms with E-state index in [0.717, 1.165) is 0 Å². The third-order valence-corrected chi connectivity index (χ3v) is 3.84. The molecule has 0 aliphatic rings. The topological polar surface area (TPSA) is 21.3 Å². The van der Waals surface area contributed by atoms with Gasteiger partial charge >= 0.3 is 0 Å². The van der Waals surface area contributed by atoms with Crippen LogP contribution in [0.25, 0.3) is 0 Å². The minimum absolute atomic E-state index is 0.235. The molecular formula is C14H17NOS. The highest BCUT2D eigenvalue weighted by atomic mass is 32.1. The van der Waals surface area contributed by atoms with Crippen LogP contribution in [-0.4, -0.2) is 0 Å². The maximum Gasteiger partial charge on any atom is 0.0933 e. The van der Waals surface area contributed by atoms with Crippen molar-refractivity contribution in [3.8, 4) is 0 Å². The van der Waals surface area contributed by atoms with Gasteiger partial charge in [-0.3, -0.25) is 4.84 Å². The molecule has 1 aromatic heterocycles. The molecule has 0 aliphatic carbocycles. The third kappa shape index (κ3) is 3.40. The molecule has 3 heteroatoms. The van der Waals surface area contributed by atoms with Crippen molar-refractivity contribution in [2.45, 2.75) is 26.5 Å². The Morgan fingerprint density at radius 1 is 1.24 bits per heavy atom. The van der Waals surface area contributed by atoms with E-state index in [1.54, 1.807) is 11.3 Å². The standard InChI is InChI=1S/C14H17NOS/c1-11-8-9-17-14(11)12(2)15-16-10-13-6-4-3-5-7-13/h3-9,12,15H,10H2,1-2H3. The third-order valence-electron chi connectivity index (χ3n) is 2.64. The zero-order chi connectivity index (χ0) is 12.1. The smallest absolute Gasteiger partial charge is 0.0933 e. The minimum atomic E-state index is 0.235. The van der Waals surface area contributed by atoms with Crippen molar-refractivity contribution in [3.63, 3.8) is 0 Å². The van der Waals surface area contributed by atoms with Crippen LogP contribution in [-0.2, 0) is 11.4 Å². The summed E-state index contributed by atoms with van der Waals surface area (Å²) in [5.41, 5.74) is 5.58. The number of benzene rings is 1. The Labute approximate surface area is 106 Å². The summed E-state index contributed by atoms with van der Waals surface area (Å²) in [5.74, 6) is 0. The Balaban J connectivity index is 1.81. The fourth-order valence-corrected chi connectivity index (χ4v) is 2.63. The average molecular weight is 247 g/mol. The van der Waals surface area contributed by atoms with E-state index in [2.05, 4.69) is 42.9 Å². The molecule has 1 atom stereocenters. The average Bonchev–Trinajstić information content (AvgIpc) is 2.77. The first kappa shape index (κ1) is 12.3. The van der Waals surface area contributed by atoms with Crippen LogP contribution in [0.5, 0.6) is 0 Å². The first-order valence-corrected chi connectivity index (χ1v) is 6.60. The van der Waals surface area contributed by atoms with Gasteiger partial charge in [0, 0.05) is 4.88 Å². The van der Waals surface area contributed by atoms with Crippen molar-refractivity contribution >= 4 is 11.3 Å². The normalized spacial score (nSPS) is 12.6. The molecular weight excluding hydrogens is 230 g/mol. The van der Waals surface area contributed by atoms with Crippen LogP contribution >= 0.6 is 11.3 Å². The molecule has 0 fully saturated rings. The molecule has 0 spiro atoms. The molecule has 1 N–H and O–H groups in total. The van der Waals surface area contributed by atoms with Gasteiger partial charge in [-0.2, -0.15) is 5.48 Å². The Bertz CT molecular complexity index is 452. The molecule has 0 radical (unpaired) electrons. The van der Waals surface area contributed by atoms with Gasteiger partial charge in [0.1, 0.15) is 0 Å². The van der Waals surface area contributed by atoms with E-state index in [0.29, 0.717) is 6.61 Å². The molecule has 1 unspecified atom stereocenters. The fraction of sp³-hybridized carbons (Fsp3) is 0.286. The number of rotatable bonds is 5. The van der Waals surface area contributed by atoms with Gasteiger partial charge < -0.3 is 0 Å². The summed E-state index contributed by atoms with van der Waals surface area (Å²) in [7, 11) is 0. The molecule has 0 saturated carbocycles. The fourth-order valence-electron chi connectivity index (χ4n) is 1.71. The Hall–Kier alpha value is -1.16. The van der Waals surface area contributed by atoms with E-state index < -0.39 is 0 Å². The maximum absolute atomic E-state index is 5.52. The molecule has 0 amide bonds. The van der Waals surface area contributed by atoms with Crippen molar-refractivity contribution in [2.75, 3.05) is 0 Å². The predicted octanol–water partition coefficient (Wildman–Crippen LogP) is 3.84. The number of nitrogens with one attached hydrogen (secondary N) is 1. The van der Waals surface area contributed by atoms with Gasteiger partial charge in [0.15, 0.2) is 0 Å². The van der Waals surface area contributed by atoms with Gasteiger partial charge in [-0.1, -0.05) is 30.3 Å². The molecule has 90 valence electrons. The highest BCUT2D eigenvalue weighted by Crippen LogP contribution is 2.23. The van der Waals surface area contributed by atoms with Crippen molar-refractivity contribution in [1.82, 2.24) is 5.48 Å². The second-order valence-electron chi connectivity index (χ2n) is 4.08. The number of hydrogen-bond donors (Lipinski definition) is 1. The van der Waals surface area contributed by atoms with Gasteiger partial charge in [-0.15, -0.1) is 11.3 Å². The second-order valence-corrected chi connectivity index (χ2v) is 5.03. The van der Waals surface area contributed by atoms with Crippen molar-refractivity contribution in [2.24, 2.45) is 0 Å². The Morgan fingerprint density at radius 2 is 2.00 bits per heavy atom. The quantitative estimate of drug-likeness (QED) is 0.811. The lowest BCUT2D eigenvalue weighted by Gasteiger charge is -2.13. The Kier molecular flexibility index (Phi) is 4.31. The van der Waals surface area contributed by atoms with E-state index in [4.69, 9.17) is 4.84 Å². The summed E-state index contributed by atoms with van der Waals surface area (Å²) in [6, 6.07) is 12.5. The van der Waals surface area contributed by atoms with Crippen LogP contribution in [0.2, 0.25) is 0 Å². The van der Waals surface area contributed by atoms with E-state index in [1.165, 1.54) is 16.0 Å². The zero-order valence-corrected chi connectivity index (χ0v) is 11.0. The second kappa shape index (κ2) is 5.96. The van der Waals surface area contributed by atoms with Crippen LogP contribution in [0.3, 0.4) is 0 Å². The summed E-state index contributed by atoms with van der Waals surface area (Å²) in [6.07, 6.45) is 0. The van der Waals surface area contributed by atoms with Crippen LogP contribution in [0.1, 0.15) is 29.0 Å². The lowest BCUT2D eigenvalue weighted by molar-refractivity contribution is 0.00760. The molecule has 2 rings (SSSR count). The molecule has 0 bridgehead atoms. The lowest BCUT2D eigenvalue weighted by Crippen LogP contribution is -2.18. The first-order valence-electron chi connectivity index (χ1n) is 5.72. The van der Waals surface area contributed by atoms with Crippen molar-refractivity contribution in [1.29, 1.82) is 0 Å². The maximum atomic E-state index is 5.52. The number of aryl methyl sites for hydroxylation is 1. The number of thiophene rings is 1. The number of hydrogen-bond acceptors (Lipinski definition) is 3. The highest BCUT2D eigenvalue weighted by Gasteiger charge is 2.09. The molecule has 1 aromatic carbocycles. The summed E-state index contributed by atoms with van der Waals surface area (Å²) < 4.78 is 0. The van der Waals surface area contributed by atoms with Gasteiger partial charge in [0.05, 0.1) is 12.6 Å². The molecule has 2 nitrogen and oxygen atoms in total.